The quantitative estimate of drug-likeness (QED) is 0.451. The highest BCUT2D eigenvalue weighted by atomic mass is 79.9. The van der Waals surface area contributed by atoms with Crippen LogP contribution in [0.2, 0.25) is 0 Å². The summed E-state index contributed by atoms with van der Waals surface area (Å²) in [6.45, 7) is 4.04. The van der Waals surface area contributed by atoms with Crippen molar-refractivity contribution in [2.75, 3.05) is 13.4 Å². The third-order valence-electron chi connectivity index (χ3n) is 4.13. The summed E-state index contributed by atoms with van der Waals surface area (Å²) in [6.07, 6.45) is 1.72. The summed E-state index contributed by atoms with van der Waals surface area (Å²) in [6, 6.07) is 13.5. The molecule has 0 N–H and O–H groups in total. The first-order chi connectivity index (χ1) is 13.1. The van der Waals surface area contributed by atoms with E-state index in [1.54, 1.807) is 24.3 Å². The molecule has 28 heavy (non-hydrogen) atoms. The summed E-state index contributed by atoms with van der Waals surface area (Å²) in [4.78, 5) is 17.2. The Bertz CT molecular complexity index is 949. The van der Waals surface area contributed by atoms with E-state index in [0.29, 0.717) is 12.1 Å². The molecule has 2 aromatic carbocycles. The first-order valence-electron chi connectivity index (χ1n) is 8.84. The lowest BCUT2D eigenvalue weighted by Crippen LogP contribution is -2.24. The molecule has 0 aliphatic heterocycles. The van der Waals surface area contributed by atoms with Gasteiger partial charge in [-0.1, -0.05) is 54.0 Å². The van der Waals surface area contributed by atoms with Crippen LogP contribution in [0.15, 0.2) is 62.9 Å². The first-order valence-corrected chi connectivity index (χ1v) is 11.5. The smallest absolute Gasteiger partial charge is 0.330 e. The van der Waals surface area contributed by atoms with E-state index in [1.807, 2.05) is 38.1 Å². The Hall–Kier alpha value is -1.99. The van der Waals surface area contributed by atoms with Crippen molar-refractivity contribution in [3.8, 4) is 0 Å². The highest BCUT2D eigenvalue weighted by molar-refractivity contribution is 9.10. The highest BCUT2D eigenvalue weighted by Crippen LogP contribution is 2.20. The maximum absolute atomic E-state index is 12.3. The van der Waals surface area contributed by atoms with Crippen LogP contribution in [0.5, 0.6) is 0 Å². The van der Waals surface area contributed by atoms with Crippen LogP contribution in [0.25, 0.3) is 0 Å². The number of methoxy groups -OCH3 is 1. The number of carbonyl (C=O) groups excluding carboxylic acids is 1. The summed E-state index contributed by atoms with van der Waals surface area (Å²) < 4.78 is 29.4. The second kappa shape index (κ2) is 9.47. The molecule has 0 fully saturated rings. The molecule has 0 amide bonds. The summed E-state index contributed by atoms with van der Waals surface area (Å²) >= 11 is 3.42. The lowest BCUT2D eigenvalue weighted by molar-refractivity contribution is -0.142. The predicted molar refractivity (Wildman–Crippen MR) is 115 cm³/mol. The van der Waals surface area contributed by atoms with Gasteiger partial charge in [0.2, 0.25) is 0 Å². The molecule has 2 rings (SSSR count). The van der Waals surface area contributed by atoms with E-state index >= 15 is 0 Å². The maximum Gasteiger partial charge on any atom is 0.330 e. The van der Waals surface area contributed by atoms with Crippen LogP contribution in [-0.4, -0.2) is 39.5 Å². The topological polar surface area (TPSA) is 72.8 Å². The van der Waals surface area contributed by atoms with E-state index in [0.717, 1.165) is 15.6 Å². The standard InChI is InChI=1S/C21H24BrNO4S/c1-14(2)13-19(21(24)27-3)23-20(15-5-9-17(22)10-6-15)16-7-11-18(12-8-16)28(4,25)26/h5-12,14,19H,13H2,1-4H3/b23-20+. The Morgan fingerprint density at radius 1 is 1.04 bits per heavy atom. The zero-order valence-corrected chi connectivity index (χ0v) is 18.7. The van der Waals surface area contributed by atoms with Crippen molar-refractivity contribution in [2.24, 2.45) is 10.9 Å². The van der Waals surface area contributed by atoms with Crippen LogP contribution in [0.1, 0.15) is 31.4 Å². The van der Waals surface area contributed by atoms with Gasteiger partial charge in [-0.3, -0.25) is 4.99 Å². The van der Waals surface area contributed by atoms with Crippen molar-refractivity contribution >= 4 is 37.4 Å². The van der Waals surface area contributed by atoms with E-state index in [2.05, 4.69) is 15.9 Å². The summed E-state index contributed by atoms with van der Waals surface area (Å²) in [7, 11) is -1.94. The summed E-state index contributed by atoms with van der Waals surface area (Å²) in [5.41, 5.74) is 2.17. The first kappa shape index (κ1) is 22.3. The van der Waals surface area contributed by atoms with Gasteiger partial charge in [-0.25, -0.2) is 13.2 Å². The molecule has 1 unspecified atom stereocenters. The molecule has 150 valence electrons. The van der Waals surface area contributed by atoms with Crippen molar-refractivity contribution < 1.29 is 17.9 Å². The number of halogens is 1. The fraction of sp³-hybridized carbons (Fsp3) is 0.333. The molecule has 0 aliphatic rings. The van der Waals surface area contributed by atoms with Crippen LogP contribution in [0.3, 0.4) is 0 Å². The van der Waals surface area contributed by atoms with Gasteiger partial charge in [-0.2, -0.15) is 0 Å². The molecule has 0 aliphatic carbocycles. The van der Waals surface area contributed by atoms with Crippen molar-refractivity contribution in [2.45, 2.75) is 31.2 Å². The number of hydrogen-bond donors (Lipinski definition) is 0. The lowest BCUT2D eigenvalue weighted by atomic mass is 10.00. The summed E-state index contributed by atoms with van der Waals surface area (Å²) in [5.74, 6) is -0.136. The molecule has 2 aromatic rings. The molecular weight excluding hydrogens is 442 g/mol. The van der Waals surface area contributed by atoms with Crippen molar-refractivity contribution in [1.82, 2.24) is 0 Å². The van der Waals surface area contributed by atoms with E-state index < -0.39 is 21.8 Å². The molecule has 7 heteroatoms. The van der Waals surface area contributed by atoms with Gasteiger partial charge in [0.05, 0.1) is 17.7 Å². The largest absolute Gasteiger partial charge is 0.467 e. The van der Waals surface area contributed by atoms with Gasteiger partial charge in [0.1, 0.15) is 6.04 Å². The van der Waals surface area contributed by atoms with Gasteiger partial charge in [0.25, 0.3) is 0 Å². The van der Waals surface area contributed by atoms with Crippen LogP contribution in [0.4, 0.5) is 0 Å². The number of carbonyl (C=O) groups is 1. The van der Waals surface area contributed by atoms with Crippen LogP contribution >= 0.6 is 15.9 Å². The minimum atomic E-state index is -3.29. The molecule has 0 aromatic heterocycles. The Morgan fingerprint density at radius 3 is 1.96 bits per heavy atom. The highest BCUT2D eigenvalue weighted by Gasteiger charge is 2.22. The van der Waals surface area contributed by atoms with Gasteiger partial charge in [-0.05, 0) is 36.6 Å². The maximum atomic E-state index is 12.3. The molecule has 0 radical (unpaired) electrons. The molecule has 1 atom stereocenters. The molecule has 0 bridgehead atoms. The minimum absolute atomic E-state index is 0.234. The SMILES string of the molecule is COC(=O)C(CC(C)C)/N=C(\c1ccc(Br)cc1)c1ccc(S(C)(=O)=O)cc1. The molecule has 0 spiro atoms. The van der Waals surface area contributed by atoms with Crippen LogP contribution < -0.4 is 0 Å². The monoisotopic (exact) mass is 465 g/mol. The summed E-state index contributed by atoms with van der Waals surface area (Å²) in [5, 5.41) is 0. The third-order valence-corrected chi connectivity index (χ3v) is 5.78. The zero-order chi connectivity index (χ0) is 20.9. The van der Waals surface area contributed by atoms with E-state index in [4.69, 9.17) is 9.73 Å². The number of nitrogens with zero attached hydrogens (tertiary/aromatic N) is 1. The molecule has 5 nitrogen and oxygen atoms in total. The fourth-order valence-corrected chi connectivity index (χ4v) is 3.62. The molecular formula is C21H24BrNO4S. The van der Waals surface area contributed by atoms with Crippen molar-refractivity contribution in [1.29, 1.82) is 0 Å². The van der Waals surface area contributed by atoms with E-state index in [1.165, 1.54) is 13.4 Å². The van der Waals surface area contributed by atoms with Gasteiger partial charge >= 0.3 is 5.97 Å². The molecule has 0 saturated carbocycles. The number of aliphatic imine (C=N–C) groups is 1. The minimum Gasteiger partial charge on any atom is -0.467 e. The van der Waals surface area contributed by atoms with Crippen molar-refractivity contribution in [3.63, 3.8) is 0 Å². The molecule has 0 saturated heterocycles. The second-order valence-electron chi connectivity index (χ2n) is 6.95. The second-order valence-corrected chi connectivity index (χ2v) is 9.88. The van der Waals surface area contributed by atoms with E-state index in [-0.39, 0.29) is 10.8 Å². The average Bonchev–Trinajstić information content (AvgIpc) is 2.64. The number of esters is 1. The Kier molecular flexibility index (Phi) is 7.55. The van der Waals surface area contributed by atoms with Gasteiger partial charge in [0, 0.05) is 21.9 Å². The van der Waals surface area contributed by atoms with Crippen molar-refractivity contribution in [3.05, 3.63) is 64.1 Å². The lowest BCUT2D eigenvalue weighted by Gasteiger charge is -2.16. The number of hydrogen-bond acceptors (Lipinski definition) is 5. The number of rotatable bonds is 7. The number of ether oxygens (including phenoxy) is 1. The fourth-order valence-electron chi connectivity index (χ4n) is 2.72. The normalized spacial score (nSPS) is 13.4. The van der Waals surface area contributed by atoms with Gasteiger partial charge < -0.3 is 4.74 Å². The molecule has 0 heterocycles. The number of sulfone groups is 1. The predicted octanol–water partition coefficient (Wildman–Crippen LogP) is 4.28. The van der Waals surface area contributed by atoms with Crippen LogP contribution in [-0.2, 0) is 19.4 Å². The van der Waals surface area contributed by atoms with E-state index in [9.17, 15) is 13.2 Å². The van der Waals surface area contributed by atoms with Crippen LogP contribution in [0, 0.1) is 5.92 Å². The van der Waals surface area contributed by atoms with Gasteiger partial charge in [0.15, 0.2) is 9.84 Å². The zero-order valence-electron chi connectivity index (χ0n) is 16.3. The third kappa shape index (κ3) is 6.01. The average molecular weight is 466 g/mol. The Labute approximate surface area is 174 Å². The Balaban J connectivity index is 2.58. The number of benzene rings is 2. The van der Waals surface area contributed by atoms with Gasteiger partial charge in [-0.15, -0.1) is 0 Å². The Morgan fingerprint density at radius 2 is 1.54 bits per heavy atom.